The van der Waals surface area contributed by atoms with E-state index in [0.717, 1.165) is 32.4 Å². The molecule has 29 heavy (non-hydrogen) atoms. The number of aromatic nitrogens is 1. The van der Waals surface area contributed by atoms with Crippen molar-refractivity contribution in [3.8, 4) is 11.5 Å². The fourth-order valence-corrected chi connectivity index (χ4v) is 4.59. The number of urea groups is 1. The molecule has 3 aliphatic heterocycles. The monoisotopic (exact) mass is 396 g/mol. The summed E-state index contributed by atoms with van der Waals surface area (Å²) in [5, 5.41) is 6.19. The minimum Gasteiger partial charge on any atom is -0.497 e. The molecule has 2 aromatic rings. The molecule has 0 aliphatic carbocycles. The Morgan fingerprint density at radius 1 is 1.21 bits per heavy atom. The van der Waals surface area contributed by atoms with Gasteiger partial charge in [0.15, 0.2) is 0 Å². The van der Waals surface area contributed by atoms with E-state index in [-0.39, 0.29) is 18.1 Å². The molecule has 0 saturated carbocycles. The van der Waals surface area contributed by atoms with Crippen molar-refractivity contribution in [2.24, 2.45) is 5.92 Å². The highest BCUT2D eigenvalue weighted by Crippen LogP contribution is 2.34. The van der Waals surface area contributed by atoms with Gasteiger partial charge in [0, 0.05) is 30.5 Å². The molecule has 3 fully saturated rings. The van der Waals surface area contributed by atoms with Crippen LogP contribution in [0, 0.1) is 5.92 Å². The number of piperidine rings is 3. The Hall–Kier alpha value is -2.80. The Balaban J connectivity index is 1.47. The summed E-state index contributed by atoms with van der Waals surface area (Å²) >= 11 is 0. The van der Waals surface area contributed by atoms with Crippen LogP contribution in [0.5, 0.6) is 11.5 Å². The first-order valence-electron chi connectivity index (χ1n) is 10.1. The lowest BCUT2D eigenvalue weighted by Gasteiger charge is -2.51. The van der Waals surface area contributed by atoms with E-state index in [4.69, 9.17) is 9.47 Å². The van der Waals surface area contributed by atoms with E-state index in [1.54, 1.807) is 38.6 Å². The van der Waals surface area contributed by atoms with Gasteiger partial charge in [-0.25, -0.2) is 4.79 Å². The summed E-state index contributed by atoms with van der Waals surface area (Å²) in [4.78, 5) is 19.6. The van der Waals surface area contributed by atoms with Crippen molar-refractivity contribution in [3.63, 3.8) is 0 Å². The third kappa shape index (κ3) is 4.29. The normalized spacial score (nSPS) is 25.3. The molecule has 2 N–H and O–H groups in total. The number of fused-ring (bicyclic) bond motifs is 3. The highest BCUT2D eigenvalue weighted by Gasteiger charge is 2.42. The number of rotatable bonds is 6. The number of pyridine rings is 1. The summed E-state index contributed by atoms with van der Waals surface area (Å²) in [7, 11) is 3.18. The van der Waals surface area contributed by atoms with Gasteiger partial charge in [0.25, 0.3) is 0 Å². The van der Waals surface area contributed by atoms with Crippen LogP contribution in [0.15, 0.2) is 42.7 Å². The van der Waals surface area contributed by atoms with Gasteiger partial charge < -0.3 is 20.1 Å². The van der Waals surface area contributed by atoms with Crippen molar-refractivity contribution in [1.29, 1.82) is 0 Å². The highest BCUT2D eigenvalue weighted by molar-refractivity contribution is 5.91. The Kier molecular flexibility index (Phi) is 5.85. The van der Waals surface area contributed by atoms with Gasteiger partial charge in [-0.05, 0) is 62.0 Å². The molecule has 154 valence electrons. The molecular weight excluding hydrogens is 368 g/mol. The molecule has 7 heteroatoms. The number of ether oxygens (including phenoxy) is 2. The number of nitrogens with one attached hydrogen (secondary N) is 2. The maximum Gasteiger partial charge on any atom is 0.319 e. The molecule has 5 rings (SSSR count). The average molecular weight is 396 g/mol. The highest BCUT2D eigenvalue weighted by atomic mass is 16.5. The van der Waals surface area contributed by atoms with E-state index in [9.17, 15) is 4.79 Å². The van der Waals surface area contributed by atoms with Crippen LogP contribution in [0.4, 0.5) is 10.5 Å². The summed E-state index contributed by atoms with van der Waals surface area (Å²) in [6.45, 7) is 2.20. The number of anilines is 1. The number of carbonyl (C=O) groups is 1. The van der Waals surface area contributed by atoms with Crippen LogP contribution >= 0.6 is 0 Å². The van der Waals surface area contributed by atoms with Crippen LogP contribution in [-0.4, -0.2) is 55.3 Å². The molecule has 2 atom stereocenters. The largest absolute Gasteiger partial charge is 0.497 e. The van der Waals surface area contributed by atoms with Gasteiger partial charge >= 0.3 is 6.03 Å². The summed E-state index contributed by atoms with van der Waals surface area (Å²) < 4.78 is 10.6. The first kappa shape index (κ1) is 19.5. The summed E-state index contributed by atoms with van der Waals surface area (Å²) in [6.07, 6.45) is 6.85. The second-order valence-electron chi connectivity index (χ2n) is 7.70. The van der Waals surface area contributed by atoms with Crippen LogP contribution in [0.2, 0.25) is 0 Å². The predicted octanol–water partition coefficient (Wildman–Crippen LogP) is 2.93. The smallest absolute Gasteiger partial charge is 0.319 e. The minimum atomic E-state index is -0.205. The zero-order chi connectivity index (χ0) is 20.2. The van der Waals surface area contributed by atoms with Gasteiger partial charge in [0.1, 0.15) is 11.5 Å². The fraction of sp³-hybridized carbons (Fsp3) is 0.455. The molecule has 0 spiro atoms. The Morgan fingerprint density at radius 3 is 2.72 bits per heavy atom. The number of carbonyl (C=O) groups excluding carboxylic acids is 1. The molecule has 0 unspecified atom stereocenters. The zero-order valence-corrected chi connectivity index (χ0v) is 16.9. The van der Waals surface area contributed by atoms with Crippen LogP contribution in [0.3, 0.4) is 0 Å². The van der Waals surface area contributed by atoms with Gasteiger partial charge in [-0.3, -0.25) is 9.88 Å². The third-order valence-electron chi connectivity index (χ3n) is 6.09. The number of hydrogen-bond acceptors (Lipinski definition) is 5. The molecule has 3 saturated heterocycles. The van der Waals surface area contributed by atoms with Crippen molar-refractivity contribution in [2.75, 3.05) is 32.6 Å². The summed E-state index contributed by atoms with van der Waals surface area (Å²) in [6, 6.07) is 9.63. The maximum absolute atomic E-state index is 12.8. The average Bonchev–Trinajstić information content (AvgIpc) is 2.77. The number of nitrogens with zero attached hydrogens (tertiary/aromatic N) is 2. The first-order chi connectivity index (χ1) is 14.2. The Labute approximate surface area is 171 Å². The predicted molar refractivity (Wildman–Crippen MR) is 112 cm³/mol. The molecule has 1 aromatic carbocycles. The lowest BCUT2D eigenvalue weighted by Crippen LogP contribution is -2.64. The molecule has 2 amide bonds. The topological polar surface area (TPSA) is 75.7 Å². The van der Waals surface area contributed by atoms with Crippen LogP contribution in [0.25, 0.3) is 0 Å². The van der Waals surface area contributed by atoms with Gasteiger partial charge in [0.05, 0.1) is 19.9 Å². The molecule has 4 heterocycles. The van der Waals surface area contributed by atoms with Crippen LogP contribution < -0.4 is 20.1 Å². The fourth-order valence-electron chi connectivity index (χ4n) is 4.59. The van der Waals surface area contributed by atoms with E-state index in [2.05, 4.69) is 26.6 Å². The van der Waals surface area contributed by atoms with Crippen molar-refractivity contribution in [2.45, 2.75) is 31.3 Å². The summed E-state index contributed by atoms with van der Waals surface area (Å²) in [5.41, 5.74) is 1.82. The lowest BCUT2D eigenvalue weighted by molar-refractivity contribution is 0.0184. The van der Waals surface area contributed by atoms with E-state index in [1.165, 1.54) is 5.56 Å². The van der Waals surface area contributed by atoms with Crippen molar-refractivity contribution < 1.29 is 14.3 Å². The number of benzene rings is 1. The second-order valence-corrected chi connectivity index (χ2v) is 7.70. The quantitative estimate of drug-likeness (QED) is 0.785. The van der Waals surface area contributed by atoms with E-state index >= 15 is 0 Å². The van der Waals surface area contributed by atoms with Gasteiger partial charge in [0.2, 0.25) is 0 Å². The van der Waals surface area contributed by atoms with E-state index in [1.807, 2.05) is 12.3 Å². The van der Waals surface area contributed by atoms with E-state index < -0.39 is 0 Å². The minimum absolute atomic E-state index is 0.113. The van der Waals surface area contributed by atoms with E-state index in [0.29, 0.717) is 23.1 Å². The Bertz CT molecular complexity index is 837. The van der Waals surface area contributed by atoms with Gasteiger partial charge in [-0.15, -0.1) is 0 Å². The van der Waals surface area contributed by atoms with Crippen molar-refractivity contribution in [3.05, 3.63) is 48.3 Å². The zero-order valence-electron chi connectivity index (χ0n) is 16.9. The lowest BCUT2D eigenvalue weighted by atomic mass is 9.77. The van der Waals surface area contributed by atoms with Gasteiger partial charge in [-0.2, -0.15) is 0 Å². The molecule has 3 aliphatic rings. The maximum atomic E-state index is 12.8. The standard InChI is InChI=1S/C22H28N4O3/c1-28-17-5-6-18(20(13-17)29-2)24-22(27)25-21-16-7-10-26(11-8-16)19(21)12-15-4-3-9-23-14-15/h3-6,9,13-14,16,19,21H,7-8,10-12H2,1-2H3,(H2,24,25,27)/t19-,21-/m1/s1. The molecule has 2 bridgehead atoms. The second kappa shape index (κ2) is 8.69. The first-order valence-corrected chi connectivity index (χ1v) is 10.1. The van der Waals surface area contributed by atoms with Crippen molar-refractivity contribution in [1.82, 2.24) is 15.2 Å². The SMILES string of the molecule is COc1ccc(NC(=O)N[C@@H]2C3CCN(CC3)[C@@H]2Cc2cccnc2)c(OC)c1. The number of amides is 2. The van der Waals surface area contributed by atoms with Crippen LogP contribution in [0.1, 0.15) is 18.4 Å². The van der Waals surface area contributed by atoms with Gasteiger partial charge in [-0.1, -0.05) is 6.07 Å². The third-order valence-corrected chi connectivity index (χ3v) is 6.09. The number of methoxy groups -OCH3 is 2. The Morgan fingerprint density at radius 2 is 2.03 bits per heavy atom. The molecular formula is C22H28N4O3. The molecule has 7 nitrogen and oxygen atoms in total. The molecule has 1 aromatic heterocycles. The molecule has 0 radical (unpaired) electrons. The summed E-state index contributed by atoms with van der Waals surface area (Å²) in [5.74, 6) is 1.76. The van der Waals surface area contributed by atoms with Crippen LogP contribution in [-0.2, 0) is 6.42 Å². The van der Waals surface area contributed by atoms with Crippen molar-refractivity contribution >= 4 is 11.7 Å². The number of hydrogen-bond donors (Lipinski definition) is 2.